The topological polar surface area (TPSA) is 50.7 Å². The number of nitrogens with one attached hydrogen (secondary N) is 1. The fourth-order valence-corrected chi connectivity index (χ4v) is 1.71. The number of carbonyl (C=O) groups excluding carboxylic acids is 1. The summed E-state index contributed by atoms with van der Waals surface area (Å²) in [6.45, 7) is -0.267. The van der Waals surface area contributed by atoms with Gasteiger partial charge in [-0.15, -0.1) is 0 Å². The van der Waals surface area contributed by atoms with Crippen molar-refractivity contribution in [2.75, 3.05) is 11.9 Å². The highest BCUT2D eigenvalue weighted by atomic mass is 35.5. The first-order valence-corrected chi connectivity index (χ1v) is 6.48. The molecule has 21 heavy (non-hydrogen) atoms. The van der Waals surface area contributed by atoms with E-state index in [2.05, 4.69) is 10.5 Å². The number of carbonyl (C=O) groups is 1. The van der Waals surface area contributed by atoms with Gasteiger partial charge in [-0.05, 0) is 29.8 Å². The predicted molar refractivity (Wildman–Crippen MR) is 80.0 cm³/mol. The van der Waals surface area contributed by atoms with E-state index in [1.54, 1.807) is 36.4 Å². The Kier molecular flexibility index (Phi) is 5.29. The van der Waals surface area contributed by atoms with Crippen LogP contribution in [-0.2, 0) is 9.63 Å². The SMILES string of the molecule is O=C(CON=Cc1cccc(F)c1)Nc1ccccc1Cl. The van der Waals surface area contributed by atoms with Crippen molar-refractivity contribution in [3.8, 4) is 0 Å². The van der Waals surface area contributed by atoms with Gasteiger partial charge in [0.2, 0.25) is 0 Å². The maximum Gasteiger partial charge on any atom is 0.265 e. The van der Waals surface area contributed by atoms with Crippen molar-refractivity contribution in [3.05, 3.63) is 64.9 Å². The van der Waals surface area contributed by atoms with Crippen molar-refractivity contribution in [2.45, 2.75) is 0 Å². The molecule has 0 aromatic heterocycles. The molecule has 0 spiro atoms. The average Bonchev–Trinajstić information content (AvgIpc) is 2.46. The molecule has 0 bridgehead atoms. The number of nitrogens with zero attached hydrogens (tertiary/aromatic N) is 1. The largest absolute Gasteiger partial charge is 0.386 e. The second-order valence-electron chi connectivity index (χ2n) is 4.09. The summed E-state index contributed by atoms with van der Waals surface area (Å²) in [6.07, 6.45) is 1.33. The fraction of sp³-hybridized carbons (Fsp3) is 0.0667. The third-order valence-electron chi connectivity index (χ3n) is 2.47. The van der Waals surface area contributed by atoms with Crippen LogP contribution < -0.4 is 5.32 Å². The monoisotopic (exact) mass is 306 g/mol. The van der Waals surface area contributed by atoms with Gasteiger partial charge in [0, 0.05) is 0 Å². The first-order valence-electron chi connectivity index (χ1n) is 6.10. The van der Waals surface area contributed by atoms with Gasteiger partial charge in [0.25, 0.3) is 5.91 Å². The molecule has 4 nitrogen and oxygen atoms in total. The molecule has 0 saturated carbocycles. The van der Waals surface area contributed by atoms with E-state index in [1.165, 1.54) is 18.3 Å². The number of benzene rings is 2. The molecule has 0 aliphatic heterocycles. The van der Waals surface area contributed by atoms with E-state index in [-0.39, 0.29) is 18.3 Å². The van der Waals surface area contributed by atoms with Crippen LogP contribution in [0.3, 0.4) is 0 Å². The zero-order chi connectivity index (χ0) is 15.1. The van der Waals surface area contributed by atoms with Crippen LogP contribution in [0, 0.1) is 5.82 Å². The molecule has 0 atom stereocenters. The lowest BCUT2D eigenvalue weighted by Gasteiger charge is -2.05. The van der Waals surface area contributed by atoms with Crippen LogP contribution in [0.2, 0.25) is 5.02 Å². The Bertz CT molecular complexity index is 662. The summed E-state index contributed by atoms with van der Waals surface area (Å²) >= 11 is 5.90. The van der Waals surface area contributed by atoms with Crippen molar-refractivity contribution in [2.24, 2.45) is 5.16 Å². The molecule has 108 valence electrons. The zero-order valence-electron chi connectivity index (χ0n) is 10.9. The summed E-state index contributed by atoms with van der Waals surface area (Å²) in [5, 5.41) is 6.63. The summed E-state index contributed by atoms with van der Waals surface area (Å²) in [7, 11) is 0. The number of para-hydroxylation sites is 1. The van der Waals surface area contributed by atoms with Crippen molar-refractivity contribution < 1.29 is 14.0 Å². The molecule has 1 N–H and O–H groups in total. The van der Waals surface area contributed by atoms with Crippen LogP contribution in [-0.4, -0.2) is 18.7 Å². The van der Waals surface area contributed by atoms with Crippen molar-refractivity contribution in [3.63, 3.8) is 0 Å². The highest BCUT2D eigenvalue weighted by Crippen LogP contribution is 2.20. The summed E-state index contributed by atoms with van der Waals surface area (Å²) < 4.78 is 12.9. The van der Waals surface area contributed by atoms with Gasteiger partial charge < -0.3 is 10.2 Å². The molecule has 0 aliphatic carbocycles. The lowest BCUT2D eigenvalue weighted by Crippen LogP contribution is -2.17. The maximum atomic E-state index is 12.9. The van der Waals surface area contributed by atoms with Gasteiger partial charge in [-0.25, -0.2) is 4.39 Å². The van der Waals surface area contributed by atoms with Gasteiger partial charge in [-0.1, -0.05) is 41.0 Å². The van der Waals surface area contributed by atoms with Crippen molar-refractivity contribution in [1.82, 2.24) is 0 Å². The van der Waals surface area contributed by atoms with Crippen LogP contribution in [0.1, 0.15) is 5.56 Å². The number of anilines is 1. The molecule has 2 rings (SSSR count). The van der Waals surface area contributed by atoms with E-state index < -0.39 is 0 Å². The van der Waals surface area contributed by atoms with E-state index in [9.17, 15) is 9.18 Å². The second-order valence-corrected chi connectivity index (χ2v) is 4.50. The summed E-state index contributed by atoms with van der Waals surface area (Å²) in [5.74, 6) is -0.755. The number of halogens is 2. The summed E-state index contributed by atoms with van der Waals surface area (Å²) in [5.41, 5.74) is 1.04. The smallest absolute Gasteiger partial charge is 0.265 e. The van der Waals surface area contributed by atoms with Gasteiger partial charge in [0.15, 0.2) is 6.61 Å². The van der Waals surface area contributed by atoms with Crippen LogP contribution in [0.15, 0.2) is 53.7 Å². The first kappa shape index (κ1) is 15.0. The molecule has 1 amide bonds. The zero-order valence-corrected chi connectivity index (χ0v) is 11.7. The molecule has 0 unspecified atom stereocenters. The van der Waals surface area contributed by atoms with E-state index in [4.69, 9.17) is 16.4 Å². The standard InChI is InChI=1S/C15H12ClFN2O2/c16-13-6-1-2-7-14(13)19-15(20)10-21-18-9-11-4-3-5-12(17)8-11/h1-9H,10H2,(H,19,20). The van der Waals surface area contributed by atoms with Crippen LogP contribution in [0.4, 0.5) is 10.1 Å². The Morgan fingerprint density at radius 3 is 2.86 bits per heavy atom. The van der Waals surface area contributed by atoms with Crippen LogP contribution in [0.25, 0.3) is 0 Å². The molecule has 6 heteroatoms. The van der Waals surface area contributed by atoms with Crippen molar-refractivity contribution >= 4 is 29.4 Å². The van der Waals surface area contributed by atoms with E-state index >= 15 is 0 Å². The minimum absolute atomic E-state index is 0.267. The number of amides is 1. The van der Waals surface area contributed by atoms with Gasteiger partial charge in [-0.2, -0.15) is 0 Å². The van der Waals surface area contributed by atoms with Crippen molar-refractivity contribution in [1.29, 1.82) is 0 Å². The second kappa shape index (κ2) is 7.40. The average molecular weight is 307 g/mol. The molecule has 2 aromatic rings. The van der Waals surface area contributed by atoms with E-state index in [0.717, 1.165) is 0 Å². The third kappa shape index (κ3) is 4.89. The fourth-order valence-electron chi connectivity index (χ4n) is 1.53. The summed E-state index contributed by atoms with van der Waals surface area (Å²) in [6, 6.07) is 12.7. The third-order valence-corrected chi connectivity index (χ3v) is 2.80. The quantitative estimate of drug-likeness (QED) is 0.679. The minimum atomic E-state index is -0.389. The summed E-state index contributed by atoms with van der Waals surface area (Å²) in [4.78, 5) is 16.4. The normalized spacial score (nSPS) is 10.6. The predicted octanol–water partition coefficient (Wildman–Crippen LogP) is 3.47. The molecule has 0 fully saturated rings. The Morgan fingerprint density at radius 2 is 2.10 bits per heavy atom. The highest BCUT2D eigenvalue weighted by molar-refractivity contribution is 6.33. The molecule has 0 radical (unpaired) electrons. The number of hydrogen-bond acceptors (Lipinski definition) is 3. The lowest BCUT2D eigenvalue weighted by molar-refractivity contribution is -0.120. The number of rotatable bonds is 5. The number of hydrogen-bond donors (Lipinski definition) is 1. The molecule has 2 aromatic carbocycles. The Hall–Kier alpha value is -2.40. The van der Waals surface area contributed by atoms with E-state index in [1.807, 2.05) is 0 Å². The Labute approximate surface area is 126 Å². The maximum absolute atomic E-state index is 12.9. The molecular weight excluding hydrogens is 295 g/mol. The first-order chi connectivity index (χ1) is 10.1. The highest BCUT2D eigenvalue weighted by Gasteiger charge is 2.05. The minimum Gasteiger partial charge on any atom is -0.386 e. The lowest BCUT2D eigenvalue weighted by atomic mass is 10.2. The van der Waals surface area contributed by atoms with Gasteiger partial charge >= 0.3 is 0 Å². The molecule has 0 aliphatic rings. The van der Waals surface area contributed by atoms with E-state index in [0.29, 0.717) is 16.3 Å². The molecule has 0 saturated heterocycles. The Balaban J connectivity index is 1.81. The Morgan fingerprint density at radius 1 is 1.29 bits per heavy atom. The van der Waals surface area contributed by atoms with Crippen LogP contribution >= 0.6 is 11.6 Å². The van der Waals surface area contributed by atoms with Gasteiger partial charge in [0.05, 0.1) is 16.9 Å². The van der Waals surface area contributed by atoms with Gasteiger partial charge in [0.1, 0.15) is 5.82 Å². The molecular formula is C15H12ClFN2O2. The van der Waals surface area contributed by atoms with Gasteiger partial charge in [-0.3, -0.25) is 4.79 Å². The number of oxime groups is 1. The molecule has 0 heterocycles. The van der Waals surface area contributed by atoms with Crippen LogP contribution in [0.5, 0.6) is 0 Å².